The molecule has 1 N–H and O–H groups in total. The van der Waals surface area contributed by atoms with E-state index in [0.717, 1.165) is 45.0 Å². The van der Waals surface area contributed by atoms with Crippen molar-refractivity contribution < 1.29 is 9.53 Å². The maximum absolute atomic E-state index is 13.1. The first kappa shape index (κ1) is 16.6. The summed E-state index contributed by atoms with van der Waals surface area (Å²) in [7, 11) is 1.71. The van der Waals surface area contributed by atoms with Gasteiger partial charge in [-0.2, -0.15) is 0 Å². The van der Waals surface area contributed by atoms with Gasteiger partial charge in [-0.3, -0.25) is 9.69 Å². The van der Waals surface area contributed by atoms with Crippen LogP contribution >= 0.6 is 0 Å². The van der Waals surface area contributed by atoms with Crippen LogP contribution in [0, 0.1) is 23.7 Å². The Balaban J connectivity index is 1.25. The van der Waals surface area contributed by atoms with E-state index in [2.05, 4.69) is 27.2 Å². The number of nitrogens with zero attached hydrogens (tertiary/aromatic N) is 2. The summed E-state index contributed by atoms with van der Waals surface area (Å²) in [5, 5.41) is 3.41. The predicted molar refractivity (Wildman–Crippen MR) is 99.8 cm³/mol. The average Bonchev–Trinajstić information content (AvgIpc) is 3.28. The van der Waals surface area contributed by atoms with Gasteiger partial charge in [0.25, 0.3) is 0 Å². The molecule has 0 radical (unpaired) electrons. The van der Waals surface area contributed by atoms with Crippen molar-refractivity contribution in [3.05, 3.63) is 29.8 Å². The van der Waals surface area contributed by atoms with Gasteiger partial charge in [0, 0.05) is 38.1 Å². The van der Waals surface area contributed by atoms with Crippen molar-refractivity contribution in [1.82, 2.24) is 15.1 Å². The molecule has 5 atom stereocenters. The van der Waals surface area contributed by atoms with Crippen LogP contribution in [0.5, 0.6) is 5.75 Å². The van der Waals surface area contributed by atoms with E-state index in [1.54, 1.807) is 7.11 Å². The molecule has 26 heavy (non-hydrogen) atoms. The number of hydrogen-bond donors (Lipinski definition) is 1. The molecule has 140 valence electrons. The van der Waals surface area contributed by atoms with Crippen molar-refractivity contribution in [1.29, 1.82) is 0 Å². The average molecular weight is 355 g/mol. The number of fused-ring (bicyclic) bond motifs is 5. The van der Waals surface area contributed by atoms with Gasteiger partial charge in [-0.15, -0.1) is 0 Å². The van der Waals surface area contributed by atoms with Crippen LogP contribution < -0.4 is 10.1 Å². The van der Waals surface area contributed by atoms with Crippen LogP contribution in [0.15, 0.2) is 24.3 Å². The fraction of sp³-hybridized carbons (Fsp3) is 0.667. The lowest BCUT2D eigenvalue weighted by Gasteiger charge is -2.36. The van der Waals surface area contributed by atoms with Crippen molar-refractivity contribution in [2.75, 3.05) is 39.8 Å². The summed E-state index contributed by atoms with van der Waals surface area (Å²) in [4.78, 5) is 17.9. The van der Waals surface area contributed by atoms with Crippen molar-refractivity contribution in [3.8, 4) is 5.75 Å². The third-order valence-corrected chi connectivity index (χ3v) is 7.01. The number of methoxy groups -OCH3 is 1. The lowest BCUT2D eigenvalue weighted by atomic mass is 9.94. The second-order valence-electron chi connectivity index (χ2n) is 8.64. The molecule has 5 heteroatoms. The van der Waals surface area contributed by atoms with Crippen molar-refractivity contribution in [2.24, 2.45) is 23.7 Å². The van der Waals surface area contributed by atoms with E-state index in [1.807, 2.05) is 12.1 Å². The highest BCUT2D eigenvalue weighted by molar-refractivity contribution is 5.83. The third kappa shape index (κ3) is 2.91. The van der Waals surface area contributed by atoms with Gasteiger partial charge >= 0.3 is 0 Å². The van der Waals surface area contributed by atoms with Gasteiger partial charge < -0.3 is 15.0 Å². The number of carbonyl (C=O) groups excluding carboxylic acids is 1. The molecule has 4 aliphatic heterocycles. The monoisotopic (exact) mass is 355 g/mol. The van der Waals surface area contributed by atoms with Crippen molar-refractivity contribution >= 4 is 5.91 Å². The Morgan fingerprint density at radius 3 is 2.62 bits per heavy atom. The van der Waals surface area contributed by atoms with Crippen molar-refractivity contribution in [2.45, 2.75) is 25.4 Å². The van der Waals surface area contributed by atoms with E-state index < -0.39 is 0 Å². The number of carbonyl (C=O) groups is 1. The molecule has 5 aliphatic rings. The summed E-state index contributed by atoms with van der Waals surface area (Å²) in [6, 6.07) is 8.81. The predicted octanol–water partition coefficient (Wildman–Crippen LogP) is 1.58. The van der Waals surface area contributed by atoms with Gasteiger partial charge in [0.1, 0.15) is 5.75 Å². The summed E-state index contributed by atoms with van der Waals surface area (Å²) < 4.78 is 5.26. The number of benzene rings is 1. The Bertz CT molecular complexity index is 666. The fourth-order valence-electron chi connectivity index (χ4n) is 5.54. The molecule has 2 bridgehead atoms. The van der Waals surface area contributed by atoms with Gasteiger partial charge in [0.05, 0.1) is 7.11 Å². The van der Waals surface area contributed by atoms with Crippen LogP contribution in [-0.2, 0) is 11.3 Å². The molecule has 1 unspecified atom stereocenters. The highest BCUT2D eigenvalue weighted by atomic mass is 16.5. The number of ether oxygens (including phenoxy) is 1. The van der Waals surface area contributed by atoms with Crippen LogP contribution in [0.1, 0.15) is 18.4 Å². The lowest BCUT2D eigenvalue weighted by Crippen LogP contribution is -2.48. The Morgan fingerprint density at radius 2 is 1.88 bits per heavy atom. The minimum atomic E-state index is 0.325. The normalized spacial score (nSPS) is 35.9. The maximum Gasteiger partial charge on any atom is 0.226 e. The summed E-state index contributed by atoms with van der Waals surface area (Å²) in [6.45, 7) is 6.18. The summed E-state index contributed by atoms with van der Waals surface area (Å²) >= 11 is 0. The minimum absolute atomic E-state index is 0.325. The molecule has 1 aliphatic carbocycles. The SMILES string of the molecule is COc1ccc(CN2C[C@@H]3CC[C@H](C2)N(C(=O)C2[C@H]4CNC[C@@H]24)C3)cc1. The van der Waals surface area contributed by atoms with Crippen LogP contribution in [-0.4, -0.2) is 61.6 Å². The molecule has 4 saturated heterocycles. The molecular weight excluding hydrogens is 326 g/mol. The summed E-state index contributed by atoms with van der Waals surface area (Å²) in [5.41, 5.74) is 1.33. The molecule has 6 rings (SSSR count). The van der Waals surface area contributed by atoms with Gasteiger partial charge in [0.15, 0.2) is 0 Å². The second-order valence-corrected chi connectivity index (χ2v) is 8.64. The van der Waals surface area contributed by atoms with Gasteiger partial charge in [0.2, 0.25) is 5.91 Å². The Hall–Kier alpha value is -1.59. The van der Waals surface area contributed by atoms with Crippen molar-refractivity contribution in [3.63, 3.8) is 0 Å². The number of nitrogens with one attached hydrogen (secondary N) is 1. The molecule has 0 spiro atoms. The van der Waals surface area contributed by atoms with E-state index in [0.29, 0.717) is 35.6 Å². The topological polar surface area (TPSA) is 44.8 Å². The van der Waals surface area contributed by atoms with E-state index in [-0.39, 0.29) is 0 Å². The van der Waals surface area contributed by atoms with Crippen LogP contribution in [0.3, 0.4) is 0 Å². The number of piperidine rings is 2. The van der Waals surface area contributed by atoms with Gasteiger partial charge in [-0.1, -0.05) is 12.1 Å². The molecule has 1 aromatic rings. The first-order valence-electron chi connectivity index (χ1n) is 10.1. The molecule has 1 saturated carbocycles. The first-order valence-corrected chi connectivity index (χ1v) is 10.1. The second kappa shape index (κ2) is 6.54. The largest absolute Gasteiger partial charge is 0.497 e. The van der Waals surface area contributed by atoms with Crippen LogP contribution in [0.2, 0.25) is 0 Å². The molecule has 5 fully saturated rings. The summed E-state index contributed by atoms with van der Waals surface area (Å²) in [5.74, 6) is 3.58. The smallest absolute Gasteiger partial charge is 0.226 e. The van der Waals surface area contributed by atoms with E-state index in [1.165, 1.54) is 18.4 Å². The van der Waals surface area contributed by atoms with E-state index in [9.17, 15) is 4.79 Å². The molecule has 0 aromatic heterocycles. The lowest BCUT2D eigenvalue weighted by molar-refractivity contribution is -0.137. The molecular formula is C21H29N3O2. The summed E-state index contributed by atoms with van der Waals surface area (Å²) in [6.07, 6.45) is 2.45. The number of amides is 1. The van der Waals surface area contributed by atoms with E-state index >= 15 is 0 Å². The fourth-order valence-corrected chi connectivity index (χ4v) is 5.54. The molecule has 4 heterocycles. The number of hydrogen-bond acceptors (Lipinski definition) is 4. The zero-order chi connectivity index (χ0) is 17.7. The molecule has 1 aromatic carbocycles. The third-order valence-electron chi connectivity index (χ3n) is 7.01. The van der Waals surface area contributed by atoms with Gasteiger partial charge in [-0.05, 0) is 61.4 Å². The standard InChI is InChI=1S/C21H29N3O2/c1-26-17-6-3-14(4-7-17)10-23-11-15-2-5-16(13-23)24(12-15)21(25)20-18-8-22-9-19(18)20/h3-4,6-7,15-16,18-20,22H,2,5,8-13H2,1H3/t15-,16+,18-,19+,20?/m0/s1. The van der Waals surface area contributed by atoms with E-state index in [4.69, 9.17) is 4.74 Å². The number of rotatable bonds is 4. The minimum Gasteiger partial charge on any atom is -0.497 e. The zero-order valence-corrected chi connectivity index (χ0v) is 15.6. The molecule has 5 nitrogen and oxygen atoms in total. The zero-order valence-electron chi connectivity index (χ0n) is 15.6. The van der Waals surface area contributed by atoms with Crippen LogP contribution in [0.25, 0.3) is 0 Å². The Labute approximate surface area is 155 Å². The highest BCUT2D eigenvalue weighted by Gasteiger charge is 2.58. The molecule has 1 amide bonds. The first-order chi connectivity index (χ1) is 12.7. The Kier molecular flexibility index (Phi) is 4.17. The highest BCUT2D eigenvalue weighted by Crippen LogP contribution is 2.50. The van der Waals surface area contributed by atoms with Gasteiger partial charge in [-0.25, -0.2) is 0 Å². The Morgan fingerprint density at radius 1 is 1.12 bits per heavy atom. The maximum atomic E-state index is 13.1. The quantitative estimate of drug-likeness (QED) is 0.891. The van der Waals surface area contributed by atoms with Crippen LogP contribution in [0.4, 0.5) is 0 Å².